The number of carbonyl (C=O) groups excluding carboxylic acids is 1. The topological polar surface area (TPSA) is 44.8 Å². The maximum Gasteiger partial charge on any atom is 0.317 e. The number of carbonyl (C=O) groups is 1. The smallest absolute Gasteiger partial charge is 0.317 e. The Morgan fingerprint density at radius 1 is 1.29 bits per heavy atom. The molecule has 0 N–H and O–H groups in total. The average molecular weight is 330 g/mol. The van der Waals surface area contributed by atoms with E-state index in [0.717, 1.165) is 19.3 Å². The maximum absolute atomic E-state index is 12.6. The summed E-state index contributed by atoms with van der Waals surface area (Å²) in [5.41, 5.74) is 1.65. The molecule has 2 aliphatic rings. The molecule has 1 aromatic rings. The van der Waals surface area contributed by atoms with Crippen LogP contribution in [0.15, 0.2) is 30.3 Å². The van der Waals surface area contributed by atoms with Gasteiger partial charge in [-0.25, -0.2) is 0 Å². The summed E-state index contributed by atoms with van der Waals surface area (Å²) in [5.74, 6) is -0.914. The highest BCUT2D eigenvalue weighted by Crippen LogP contribution is 2.56. The second kappa shape index (κ2) is 6.69. The molecule has 0 radical (unpaired) electrons. The van der Waals surface area contributed by atoms with Crippen LogP contribution >= 0.6 is 0 Å². The van der Waals surface area contributed by atoms with E-state index in [1.807, 2.05) is 6.92 Å². The van der Waals surface area contributed by atoms with Gasteiger partial charge in [0.2, 0.25) is 0 Å². The van der Waals surface area contributed by atoms with Crippen molar-refractivity contribution in [1.82, 2.24) is 0 Å². The van der Waals surface area contributed by atoms with Crippen LogP contribution in [0.3, 0.4) is 0 Å². The van der Waals surface area contributed by atoms with Crippen molar-refractivity contribution in [3.8, 4) is 0 Å². The number of hydrogen-bond donors (Lipinski definition) is 0. The summed E-state index contributed by atoms with van der Waals surface area (Å²) in [4.78, 5) is 12.6. The molecule has 0 aromatic heterocycles. The fourth-order valence-electron chi connectivity index (χ4n) is 4.06. The van der Waals surface area contributed by atoms with Gasteiger partial charge in [-0.2, -0.15) is 0 Å². The third kappa shape index (κ3) is 2.78. The summed E-state index contributed by atoms with van der Waals surface area (Å²) in [6.07, 6.45) is 6.68. The van der Waals surface area contributed by atoms with Gasteiger partial charge in [-0.1, -0.05) is 42.0 Å². The quantitative estimate of drug-likeness (QED) is 0.789. The molecule has 4 heteroatoms. The fourth-order valence-corrected chi connectivity index (χ4v) is 4.06. The van der Waals surface area contributed by atoms with Crippen molar-refractivity contribution in [3.05, 3.63) is 41.5 Å². The van der Waals surface area contributed by atoms with Crippen LogP contribution in [0.2, 0.25) is 0 Å². The summed E-state index contributed by atoms with van der Waals surface area (Å²) in [6, 6.07) is 8.40. The third-order valence-corrected chi connectivity index (χ3v) is 5.60. The number of esters is 1. The van der Waals surface area contributed by atoms with Crippen LogP contribution in [0.25, 0.3) is 6.08 Å². The van der Waals surface area contributed by atoms with Crippen LogP contribution in [0.5, 0.6) is 0 Å². The van der Waals surface area contributed by atoms with E-state index < -0.39 is 11.2 Å². The number of aryl methyl sites for hydroxylation is 1. The highest BCUT2D eigenvalue weighted by atomic mass is 16.7. The van der Waals surface area contributed by atoms with Gasteiger partial charge in [0, 0.05) is 6.42 Å². The van der Waals surface area contributed by atoms with Gasteiger partial charge in [0.05, 0.1) is 20.3 Å². The Balaban J connectivity index is 1.76. The van der Waals surface area contributed by atoms with E-state index in [0.29, 0.717) is 13.2 Å². The van der Waals surface area contributed by atoms with Gasteiger partial charge < -0.3 is 14.2 Å². The first-order valence-corrected chi connectivity index (χ1v) is 8.61. The molecule has 2 fully saturated rings. The molecule has 0 amide bonds. The van der Waals surface area contributed by atoms with Crippen molar-refractivity contribution in [3.63, 3.8) is 0 Å². The highest BCUT2D eigenvalue weighted by molar-refractivity contribution is 5.78. The van der Waals surface area contributed by atoms with Crippen LogP contribution < -0.4 is 0 Å². The van der Waals surface area contributed by atoms with Crippen molar-refractivity contribution in [1.29, 1.82) is 0 Å². The Hall–Kier alpha value is -1.65. The number of ether oxygens (including phenoxy) is 3. The molecule has 4 nitrogen and oxygen atoms in total. The minimum Gasteiger partial charge on any atom is -0.468 e. The molecular weight excluding hydrogens is 304 g/mol. The first-order chi connectivity index (χ1) is 11.5. The lowest BCUT2D eigenvalue weighted by Gasteiger charge is -2.39. The standard InChI is InChI=1S/C20H26O4/c1-15-7-9-16(10-8-15)5-4-6-17-11-12-20(23-13-14-24-20)19(17,2)18(21)22-3/h4-5,7-10,17H,6,11-14H2,1-3H3/b5-4+/t17-,19-/m1/s1. The average Bonchev–Trinajstić information content (AvgIpc) is 3.18. The normalized spacial score (nSPS) is 28.7. The van der Waals surface area contributed by atoms with E-state index in [9.17, 15) is 4.79 Å². The monoisotopic (exact) mass is 330 g/mol. The Bertz CT molecular complexity index is 613. The molecule has 1 saturated heterocycles. The number of rotatable bonds is 4. The molecule has 24 heavy (non-hydrogen) atoms. The van der Waals surface area contributed by atoms with Gasteiger partial charge >= 0.3 is 5.97 Å². The SMILES string of the molecule is COC(=O)[C@@]1(C)[C@H](C/C=C/c2ccc(C)cc2)CCC12OCCO2. The van der Waals surface area contributed by atoms with E-state index in [1.54, 1.807) is 0 Å². The molecule has 130 valence electrons. The van der Waals surface area contributed by atoms with Gasteiger partial charge in [0.15, 0.2) is 5.79 Å². The number of hydrogen-bond acceptors (Lipinski definition) is 4. The summed E-state index contributed by atoms with van der Waals surface area (Å²) in [5, 5.41) is 0. The second-order valence-corrected chi connectivity index (χ2v) is 6.93. The molecular formula is C20H26O4. The largest absolute Gasteiger partial charge is 0.468 e. The molecule has 1 heterocycles. The Morgan fingerprint density at radius 2 is 1.96 bits per heavy atom. The zero-order chi connectivity index (χ0) is 17.2. The van der Waals surface area contributed by atoms with Crippen molar-refractivity contribution in [2.24, 2.45) is 11.3 Å². The highest BCUT2D eigenvalue weighted by Gasteiger charge is 2.65. The Kier molecular flexibility index (Phi) is 4.79. The minimum atomic E-state index is -0.817. The predicted molar refractivity (Wildman–Crippen MR) is 92.3 cm³/mol. The van der Waals surface area contributed by atoms with Crippen molar-refractivity contribution >= 4 is 12.0 Å². The number of benzene rings is 1. The first kappa shape index (κ1) is 17.2. The van der Waals surface area contributed by atoms with Gasteiger partial charge in [0.1, 0.15) is 5.41 Å². The van der Waals surface area contributed by atoms with E-state index in [4.69, 9.17) is 14.2 Å². The molecule has 3 rings (SSSR count). The van der Waals surface area contributed by atoms with Crippen LogP contribution in [0, 0.1) is 18.3 Å². The van der Waals surface area contributed by atoms with Crippen LogP contribution in [0.1, 0.15) is 37.3 Å². The third-order valence-electron chi connectivity index (χ3n) is 5.60. The van der Waals surface area contributed by atoms with Gasteiger partial charge in [0.25, 0.3) is 0 Å². The molecule has 2 atom stereocenters. The number of methoxy groups -OCH3 is 1. The summed E-state index contributed by atoms with van der Waals surface area (Å²) in [6.45, 7) is 5.09. The van der Waals surface area contributed by atoms with Crippen LogP contribution in [-0.4, -0.2) is 32.1 Å². The van der Waals surface area contributed by atoms with Crippen LogP contribution in [0.4, 0.5) is 0 Å². The van der Waals surface area contributed by atoms with E-state index >= 15 is 0 Å². The van der Waals surface area contributed by atoms with Gasteiger partial charge in [-0.05, 0) is 38.2 Å². The number of allylic oxidation sites excluding steroid dienone is 1. The molecule has 1 saturated carbocycles. The minimum absolute atomic E-state index is 0.143. The van der Waals surface area contributed by atoms with Crippen molar-refractivity contribution in [2.45, 2.75) is 38.9 Å². The van der Waals surface area contributed by atoms with E-state index in [-0.39, 0.29) is 11.9 Å². The summed E-state index contributed by atoms with van der Waals surface area (Å²) < 4.78 is 16.9. The van der Waals surface area contributed by atoms with E-state index in [1.165, 1.54) is 18.2 Å². The van der Waals surface area contributed by atoms with Crippen LogP contribution in [-0.2, 0) is 19.0 Å². The molecule has 0 unspecified atom stereocenters. The Morgan fingerprint density at radius 3 is 2.58 bits per heavy atom. The maximum atomic E-state index is 12.6. The fraction of sp³-hybridized carbons (Fsp3) is 0.550. The summed E-state index contributed by atoms with van der Waals surface area (Å²) >= 11 is 0. The lowest BCUT2D eigenvalue weighted by Crippen LogP contribution is -2.51. The zero-order valence-electron chi connectivity index (χ0n) is 14.7. The predicted octanol–water partition coefficient (Wildman–Crippen LogP) is 3.73. The zero-order valence-corrected chi connectivity index (χ0v) is 14.7. The van der Waals surface area contributed by atoms with Gasteiger partial charge in [-0.15, -0.1) is 0 Å². The molecule has 1 aliphatic heterocycles. The van der Waals surface area contributed by atoms with Gasteiger partial charge in [-0.3, -0.25) is 4.79 Å². The van der Waals surface area contributed by atoms with E-state index in [2.05, 4.69) is 43.3 Å². The summed E-state index contributed by atoms with van der Waals surface area (Å²) in [7, 11) is 1.44. The molecule has 1 aromatic carbocycles. The molecule has 0 bridgehead atoms. The lowest BCUT2D eigenvalue weighted by atomic mass is 9.74. The molecule has 1 aliphatic carbocycles. The van der Waals surface area contributed by atoms with Crippen molar-refractivity contribution < 1.29 is 19.0 Å². The molecule has 1 spiro atoms. The van der Waals surface area contributed by atoms with Crippen molar-refractivity contribution in [2.75, 3.05) is 20.3 Å². The second-order valence-electron chi connectivity index (χ2n) is 6.93. The lowest BCUT2D eigenvalue weighted by molar-refractivity contribution is -0.232. The Labute approximate surface area is 143 Å². The first-order valence-electron chi connectivity index (χ1n) is 8.61.